The number of primary amides is 1. The molecule has 0 aliphatic carbocycles. The molecule has 3 N–H and O–H groups in total. The summed E-state index contributed by atoms with van der Waals surface area (Å²) < 4.78 is 6.25. The first kappa shape index (κ1) is 22.5. The molecule has 1 aliphatic rings. The summed E-state index contributed by atoms with van der Waals surface area (Å²) in [5, 5.41) is 7.67. The lowest BCUT2D eigenvalue weighted by Crippen LogP contribution is -2.40. The van der Waals surface area contributed by atoms with E-state index in [2.05, 4.69) is 15.3 Å². The molecule has 2 heterocycles. The minimum Gasteiger partial charge on any atom is -0.497 e. The number of methoxy groups -OCH3 is 1. The quantitative estimate of drug-likeness (QED) is 0.537. The molecular weight excluding hydrogens is 422 g/mol. The van der Waals surface area contributed by atoms with E-state index in [1.807, 2.05) is 24.3 Å². The molecule has 1 aromatic heterocycles. The van der Waals surface area contributed by atoms with Crippen LogP contribution in [0.5, 0.6) is 5.75 Å². The van der Waals surface area contributed by atoms with Gasteiger partial charge in [0, 0.05) is 11.9 Å². The third-order valence-corrected chi connectivity index (χ3v) is 5.97. The Hall–Kier alpha value is -3.72. The van der Waals surface area contributed by atoms with Gasteiger partial charge in [0.05, 0.1) is 18.5 Å². The maximum absolute atomic E-state index is 12.8. The second-order valence-corrected chi connectivity index (χ2v) is 8.06. The molecule has 0 radical (unpaired) electrons. The Morgan fingerprint density at radius 2 is 1.76 bits per heavy atom. The molecule has 33 heavy (non-hydrogen) atoms. The zero-order valence-electron chi connectivity index (χ0n) is 18.5. The molecule has 1 unspecified atom stereocenters. The summed E-state index contributed by atoms with van der Waals surface area (Å²) in [7, 11) is 1.62. The highest BCUT2D eigenvalue weighted by molar-refractivity contribution is 6.04. The van der Waals surface area contributed by atoms with Crippen LogP contribution in [-0.2, 0) is 11.3 Å². The second kappa shape index (κ2) is 9.83. The zero-order valence-corrected chi connectivity index (χ0v) is 18.5. The van der Waals surface area contributed by atoms with E-state index in [1.165, 1.54) is 0 Å². The van der Waals surface area contributed by atoms with Crippen LogP contribution in [0.1, 0.15) is 34.9 Å². The lowest BCUT2D eigenvalue weighted by Gasteiger charge is -2.28. The number of nitrogens with zero attached hydrogens (tertiary/aromatic N) is 3. The standard InChI is InChI=1S/C24H27N5O4/c1-33-17-10-8-16(9-11-17)20(28-12-4-5-13-28)14-26-21(30)15-29-24(32)19-7-3-2-6-18(19)22(27-29)23(25)31/h2-3,6-11,20H,4-5,12-15H2,1H3,(H2,25,31)(H,26,30). The van der Waals surface area contributed by atoms with Crippen LogP contribution < -0.4 is 21.3 Å². The number of ether oxygens (including phenoxy) is 1. The Kier molecular flexibility index (Phi) is 6.69. The molecule has 0 spiro atoms. The number of aromatic nitrogens is 2. The van der Waals surface area contributed by atoms with Gasteiger partial charge in [0.15, 0.2) is 5.69 Å². The molecule has 9 heteroatoms. The van der Waals surface area contributed by atoms with E-state index in [4.69, 9.17) is 10.5 Å². The van der Waals surface area contributed by atoms with Crippen molar-refractivity contribution >= 4 is 22.6 Å². The molecule has 1 fully saturated rings. The van der Waals surface area contributed by atoms with Gasteiger partial charge in [0.1, 0.15) is 12.3 Å². The molecule has 3 aromatic rings. The van der Waals surface area contributed by atoms with Crippen LogP contribution in [0.15, 0.2) is 53.3 Å². The Morgan fingerprint density at radius 1 is 1.09 bits per heavy atom. The predicted octanol–water partition coefficient (Wildman–Crippen LogP) is 1.46. The fraction of sp³-hybridized carbons (Fsp3) is 0.333. The second-order valence-electron chi connectivity index (χ2n) is 8.06. The van der Waals surface area contributed by atoms with Gasteiger partial charge in [-0.2, -0.15) is 5.10 Å². The lowest BCUT2D eigenvalue weighted by molar-refractivity contribution is -0.122. The average Bonchev–Trinajstić information content (AvgIpc) is 3.36. The smallest absolute Gasteiger partial charge is 0.275 e. The van der Waals surface area contributed by atoms with Crippen LogP contribution in [-0.4, -0.2) is 53.2 Å². The molecule has 1 saturated heterocycles. The molecule has 0 bridgehead atoms. The Balaban J connectivity index is 1.52. The van der Waals surface area contributed by atoms with E-state index in [-0.39, 0.29) is 24.2 Å². The number of carbonyl (C=O) groups excluding carboxylic acids is 2. The van der Waals surface area contributed by atoms with Crippen molar-refractivity contribution in [1.82, 2.24) is 20.0 Å². The highest BCUT2D eigenvalue weighted by Gasteiger charge is 2.24. The molecule has 4 rings (SSSR count). The van der Waals surface area contributed by atoms with E-state index in [1.54, 1.807) is 31.4 Å². The molecule has 0 saturated carbocycles. The number of carbonyl (C=O) groups is 2. The van der Waals surface area contributed by atoms with Crippen molar-refractivity contribution in [3.8, 4) is 5.75 Å². The van der Waals surface area contributed by atoms with Gasteiger partial charge in [-0.05, 0) is 49.7 Å². The number of rotatable bonds is 8. The van der Waals surface area contributed by atoms with Crippen LogP contribution >= 0.6 is 0 Å². The van der Waals surface area contributed by atoms with Crippen molar-refractivity contribution in [3.63, 3.8) is 0 Å². The highest BCUT2D eigenvalue weighted by atomic mass is 16.5. The van der Waals surface area contributed by atoms with Crippen molar-refractivity contribution in [3.05, 3.63) is 70.1 Å². The fourth-order valence-electron chi connectivity index (χ4n) is 4.26. The highest BCUT2D eigenvalue weighted by Crippen LogP contribution is 2.26. The van der Waals surface area contributed by atoms with Gasteiger partial charge in [0.25, 0.3) is 11.5 Å². The van der Waals surface area contributed by atoms with Gasteiger partial charge in [-0.3, -0.25) is 19.3 Å². The number of nitrogens with two attached hydrogens (primary N) is 1. The minimum absolute atomic E-state index is 0.00446. The molecular formula is C24H27N5O4. The summed E-state index contributed by atoms with van der Waals surface area (Å²) in [5.74, 6) is -0.350. The number of nitrogens with one attached hydrogen (secondary N) is 1. The van der Waals surface area contributed by atoms with Crippen molar-refractivity contribution in [2.45, 2.75) is 25.4 Å². The molecule has 1 atom stereocenters. The number of fused-ring (bicyclic) bond motifs is 1. The molecule has 172 valence electrons. The monoisotopic (exact) mass is 449 g/mol. The van der Waals surface area contributed by atoms with Crippen LogP contribution in [0.25, 0.3) is 10.8 Å². The summed E-state index contributed by atoms with van der Waals surface area (Å²) in [6.45, 7) is 2.00. The summed E-state index contributed by atoms with van der Waals surface area (Å²) in [6.07, 6.45) is 2.24. The van der Waals surface area contributed by atoms with Gasteiger partial charge in [-0.25, -0.2) is 4.68 Å². The molecule has 9 nitrogen and oxygen atoms in total. The topological polar surface area (TPSA) is 120 Å². The van der Waals surface area contributed by atoms with E-state index in [9.17, 15) is 14.4 Å². The normalized spacial score (nSPS) is 14.8. The Bertz CT molecular complexity index is 1220. The average molecular weight is 450 g/mol. The van der Waals surface area contributed by atoms with Crippen molar-refractivity contribution < 1.29 is 14.3 Å². The zero-order chi connectivity index (χ0) is 23.4. The van der Waals surface area contributed by atoms with E-state index in [0.717, 1.165) is 41.9 Å². The molecule has 2 aromatic carbocycles. The fourth-order valence-corrected chi connectivity index (χ4v) is 4.26. The Labute approximate surface area is 191 Å². The first-order chi connectivity index (χ1) is 16.0. The maximum Gasteiger partial charge on any atom is 0.275 e. The molecule has 1 aliphatic heterocycles. The van der Waals surface area contributed by atoms with Crippen LogP contribution in [0.4, 0.5) is 0 Å². The van der Waals surface area contributed by atoms with Crippen LogP contribution in [0.2, 0.25) is 0 Å². The number of amides is 2. The summed E-state index contributed by atoms with van der Waals surface area (Å²) in [5.41, 5.74) is 6.05. The molecule has 2 amide bonds. The van der Waals surface area contributed by atoms with Crippen LogP contribution in [0.3, 0.4) is 0 Å². The first-order valence-electron chi connectivity index (χ1n) is 10.9. The van der Waals surface area contributed by atoms with Gasteiger partial charge >= 0.3 is 0 Å². The minimum atomic E-state index is -0.756. The third-order valence-electron chi connectivity index (χ3n) is 5.97. The number of likely N-dealkylation sites (tertiary alicyclic amines) is 1. The van der Waals surface area contributed by atoms with Gasteiger partial charge in [-0.15, -0.1) is 0 Å². The number of hydrogen-bond donors (Lipinski definition) is 2. The van der Waals surface area contributed by atoms with Crippen molar-refractivity contribution in [2.75, 3.05) is 26.7 Å². The van der Waals surface area contributed by atoms with Gasteiger partial charge in [0.2, 0.25) is 5.91 Å². The predicted molar refractivity (Wildman–Crippen MR) is 124 cm³/mol. The SMILES string of the molecule is COc1ccc(C(CNC(=O)Cn2nc(C(N)=O)c3ccccc3c2=O)N2CCCC2)cc1. The summed E-state index contributed by atoms with van der Waals surface area (Å²) >= 11 is 0. The van der Waals surface area contributed by atoms with E-state index >= 15 is 0 Å². The summed E-state index contributed by atoms with van der Waals surface area (Å²) in [4.78, 5) is 39.8. The lowest BCUT2D eigenvalue weighted by atomic mass is 10.1. The van der Waals surface area contributed by atoms with E-state index in [0.29, 0.717) is 17.3 Å². The van der Waals surface area contributed by atoms with Crippen molar-refractivity contribution in [1.29, 1.82) is 0 Å². The summed E-state index contributed by atoms with van der Waals surface area (Å²) in [6, 6.07) is 14.4. The van der Waals surface area contributed by atoms with Gasteiger partial charge in [-0.1, -0.05) is 30.3 Å². The largest absolute Gasteiger partial charge is 0.497 e. The maximum atomic E-state index is 12.8. The number of benzene rings is 2. The van der Waals surface area contributed by atoms with E-state index < -0.39 is 11.5 Å². The third kappa shape index (κ3) is 4.88. The first-order valence-corrected chi connectivity index (χ1v) is 10.9. The van der Waals surface area contributed by atoms with Gasteiger partial charge < -0.3 is 15.8 Å². The van der Waals surface area contributed by atoms with Crippen LogP contribution in [0, 0.1) is 0 Å². The number of hydrogen-bond acceptors (Lipinski definition) is 6. The Morgan fingerprint density at radius 3 is 2.39 bits per heavy atom. The van der Waals surface area contributed by atoms with Crippen molar-refractivity contribution in [2.24, 2.45) is 5.73 Å².